The second kappa shape index (κ2) is 6.73. The molecule has 1 amide bonds. The standard InChI is InChI=1S/C12H14BrNO2S2/c13-8-1-2-10(11(15)5-8)12(16)14-6-9-7-17-3-4-18-9/h1-2,5,9,15H,3-4,6-7H2,(H,14,16). The lowest BCUT2D eigenvalue weighted by atomic mass is 10.2. The number of hydrogen-bond donors (Lipinski definition) is 2. The SMILES string of the molecule is O=C(NCC1CSCCS1)c1ccc(Br)cc1O. The first-order valence-electron chi connectivity index (χ1n) is 5.63. The molecule has 6 heteroatoms. The highest BCUT2D eigenvalue weighted by Crippen LogP contribution is 2.24. The van der Waals surface area contributed by atoms with E-state index in [9.17, 15) is 9.90 Å². The number of benzene rings is 1. The lowest BCUT2D eigenvalue weighted by Gasteiger charge is -2.21. The Bertz CT molecular complexity index is 436. The van der Waals surface area contributed by atoms with E-state index in [1.54, 1.807) is 12.1 Å². The third-order valence-electron chi connectivity index (χ3n) is 2.58. The first kappa shape index (κ1) is 14.1. The van der Waals surface area contributed by atoms with Crippen molar-refractivity contribution in [2.75, 3.05) is 23.8 Å². The van der Waals surface area contributed by atoms with Crippen LogP contribution in [-0.2, 0) is 0 Å². The van der Waals surface area contributed by atoms with Crippen molar-refractivity contribution < 1.29 is 9.90 Å². The first-order chi connectivity index (χ1) is 8.66. The van der Waals surface area contributed by atoms with Crippen molar-refractivity contribution in [3.8, 4) is 5.75 Å². The van der Waals surface area contributed by atoms with Gasteiger partial charge in [0.2, 0.25) is 0 Å². The summed E-state index contributed by atoms with van der Waals surface area (Å²) in [4.78, 5) is 11.9. The summed E-state index contributed by atoms with van der Waals surface area (Å²) in [6.07, 6.45) is 0. The van der Waals surface area contributed by atoms with Crippen molar-refractivity contribution in [1.29, 1.82) is 0 Å². The fraction of sp³-hybridized carbons (Fsp3) is 0.417. The Morgan fingerprint density at radius 3 is 3.00 bits per heavy atom. The van der Waals surface area contributed by atoms with Gasteiger partial charge >= 0.3 is 0 Å². The number of phenolic OH excluding ortho intramolecular Hbond substituents is 1. The predicted molar refractivity (Wildman–Crippen MR) is 81.7 cm³/mol. The van der Waals surface area contributed by atoms with Gasteiger partial charge in [0, 0.05) is 33.5 Å². The first-order valence-corrected chi connectivity index (χ1v) is 8.62. The molecule has 1 aliphatic rings. The number of carbonyl (C=O) groups excluding carboxylic acids is 1. The maximum Gasteiger partial charge on any atom is 0.255 e. The van der Waals surface area contributed by atoms with Crippen LogP contribution in [0.4, 0.5) is 0 Å². The number of phenols is 1. The summed E-state index contributed by atoms with van der Waals surface area (Å²) in [5, 5.41) is 13.1. The van der Waals surface area contributed by atoms with Crippen LogP contribution < -0.4 is 5.32 Å². The molecule has 1 aliphatic heterocycles. The lowest BCUT2D eigenvalue weighted by Crippen LogP contribution is -2.33. The van der Waals surface area contributed by atoms with E-state index in [1.807, 2.05) is 23.5 Å². The number of aromatic hydroxyl groups is 1. The third kappa shape index (κ3) is 3.83. The molecule has 1 aromatic carbocycles. The third-order valence-corrected chi connectivity index (χ3v) is 5.92. The average molecular weight is 348 g/mol. The second-order valence-corrected chi connectivity index (χ2v) is 7.41. The van der Waals surface area contributed by atoms with Gasteiger partial charge in [-0.15, -0.1) is 0 Å². The molecular weight excluding hydrogens is 334 g/mol. The normalized spacial score (nSPS) is 19.5. The maximum atomic E-state index is 11.9. The Morgan fingerprint density at radius 2 is 2.33 bits per heavy atom. The highest BCUT2D eigenvalue weighted by molar-refractivity contribution is 9.10. The van der Waals surface area contributed by atoms with Crippen LogP contribution in [0, 0.1) is 0 Å². The van der Waals surface area contributed by atoms with E-state index in [0.717, 1.165) is 16.0 Å². The zero-order valence-corrected chi connectivity index (χ0v) is 12.9. The van der Waals surface area contributed by atoms with Crippen molar-refractivity contribution in [1.82, 2.24) is 5.32 Å². The highest BCUT2D eigenvalue weighted by Gasteiger charge is 2.17. The molecule has 0 saturated carbocycles. The van der Waals surface area contributed by atoms with Gasteiger partial charge in [0.05, 0.1) is 5.56 Å². The van der Waals surface area contributed by atoms with E-state index in [-0.39, 0.29) is 11.7 Å². The summed E-state index contributed by atoms with van der Waals surface area (Å²) in [7, 11) is 0. The summed E-state index contributed by atoms with van der Waals surface area (Å²) in [5.74, 6) is 3.22. The molecule has 1 heterocycles. The van der Waals surface area contributed by atoms with Crippen LogP contribution in [0.3, 0.4) is 0 Å². The number of rotatable bonds is 3. The number of amides is 1. The van der Waals surface area contributed by atoms with E-state index in [2.05, 4.69) is 21.2 Å². The quantitative estimate of drug-likeness (QED) is 0.882. The average Bonchev–Trinajstić information content (AvgIpc) is 2.37. The van der Waals surface area contributed by atoms with E-state index < -0.39 is 0 Å². The van der Waals surface area contributed by atoms with Gasteiger partial charge in [-0.25, -0.2) is 0 Å². The molecule has 1 saturated heterocycles. The zero-order valence-electron chi connectivity index (χ0n) is 9.69. The molecule has 0 spiro atoms. The minimum absolute atomic E-state index is 0.00699. The molecule has 3 nitrogen and oxygen atoms in total. The summed E-state index contributed by atoms with van der Waals surface area (Å²) in [6.45, 7) is 0.659. The molecule has 0 aliphatic carbocycles. The van der Waals surface area contributed by atoms with Crippen molar-refractivity contribution >= 4 is 45.4 Å². The molecule has 18 heavy (non-hydrogen) atoms. The van der Waals surface area contributed by atoms with Gasteiger partial charge in [-0.05, 0) is 18.2 Å². The maximum absolute atomic E-state index is 11.9. The Labute approximate surface area is 123 Å². The van der Waals surface area contributed by atoms with Gasteiger partial charge in [0.1, 0.15) is 5.75 Å². The Balaban J connectivity index is 1.90. The van der Waals surface area contributed by atoms with Crippen molar-refractivity contribution in [3.05, 3.63) is 28.2 Å². The van der Waals surface area contributed by atoms with Crippen molar-refractivity contribution in [2.45, 2.75) is 5.25 Å². The van der Waals surface area contributed by atoms with Gasteiger partial charge < -0.3 is 10.4 Å². The number of halogens is 1. The Hall–Kier alpha value is -0.330. The van der Waals surface area contributed by atoms with Crippen LogP contribution >= 0.6 is 39.5 Å². The molecule has 98 valence electrons. The van der Waals surface area contributed by atoms with Gasteiger partial charge in [-0.3, -0.25) is 4.79 Å². The minimum Gasteiger partial charge on any atom is -0.507 e. The van der Waals surface area contributed by atoms with Crippen molar-refractivity contribution in [3.63, 3.8) is 0 Å². The number of hydrogen-bond acceptors (Lipinski definition) is 4. The Kier molecular flexibility index (Phi) is 5.26. The molecule has 2 rings (SSSR count). The van der Waals surface area contributed by atoms with Gasteiger partial charge in [-0.2, -0.15) is 23.5 Å². The molecule has 2 N–H and O–H groups in total. The van der Waals surface area contributed by atoms with E-state index in [4.69, 9.17) is 0 Å². The highest BCUT2D eigenvalue weighted by atomic mass is 79.9. The fourth-order valence-electron chi connectivity index (χ4n) is 1.65. The molecule has 1 atom stereocenters. The van der Waals surface area contributed by atoms with Crippen LogP contribution in [-0.4, -0.2) is 40.1 Å². The molecular formula is C12H14BrNO2S2. The molecule has 0 radical (unpaired) electrons. The van der Waals surface area contributed by atoms with E-state index in [0.29, 0.717) is 17.4 Å². The van der Waals surface area contributed by atoms with E-state index in [1.165, 1.54) is 11.8 Å². The number of thioether (sulfide) groups is 2. The van der Waals surface area contributed by atoms with Crippen LogP contribution in [0.5, 0.6) is 5.75 Å². The largest absolute Gasteiger partial charge is 0.507 e. The Morgan fingerprint density at radius 1 is 1.50 bits per heavy atom. The molecule has 1 aromatic rings. The number of carbonyl (C=O) groups is 1. The second-order valence-electron chi connectivity index (χ2n) is 3.94. The molecule has 0 bridgehead atoms. The fourth-order valence-corrected chi connectivity index (χ4v) is 4.61. The van der Waals surface area contributed by atoms with Crippen LogP contribution in [0.25, 0.3) is 0 Å². The van der Waals surface area contributed by atoms with Gasteiger partial charge in [-0.1, -0.05) is 15.9 Å². The molecule has 1 fully saturated rings. The minimum atomic E-state index is -0.212. The monoisotopic (exact) mass is 347 g/mol. The summed E-state index contributed by atoms with van der Waals surface area (Å²) < 4.78 is 0.760. The summed E-state index contributed by atoms with van der Waals surface area (Å²) >= 11 is 7.08. The lowest BCUT2D eigenvalue weighted by molar-refractivity contribution is 0.0951. The topological polar surface area (TPSA) is 49.3 Å². The summed E-state index contributed by atoms with van der Waals surface area (Å²) in [5.41, 5.74) is 0.326. The van der Waals surface area contributed by atoms with Crippen LogP contribution in [0.15, 0.2) is 22.7 Å². The van der Waals surface area contributed by atoms with Crippen LogP contribution in [0.1, 0.15) is 10.4 Å². The summed E-state index contributed by atoms with van der Waals surface area (Å²) in [6, 6.07) is 4.90. The predicted octanol–water partition coefficient (Wildman–Crippen LogP) is 2.73. The molecule has 0 aromatic heterocycles. The van der Waals surface area contributed by atoms with Gasteiger partial charge in [0.25, 0.3) is 5.91 Å². The molecule has 1 unspecified atom stereocenters. The van der Waals surface area contributed by atoms with Crippen LogP contribution in [0.2, 0.25) is 0 Å². The van der Waals surface area contributed by atoms with Gasteiger partial charge in [0.15, 0.2) is 0 Å². The van der Waals surface area contributed by atoms with Crippen molar-refractivity contribution in [2.24, 2.45) is 0 Å². The number of nitrogens with one attached hydrogen (secondary N) is 1. The smallest absolute Gasteiger partial charge is 0.255 e. The van der Waals surface area contributed by atoms with E-state index >= 15 is 0 Å². The zero-order chi connectivity index (χ0) is 13.0.